The second kappa shape index (κ2) is 6.46. The number of carbonyl (C=O) groups excluding carboxylic acids is 1. The maximum absolute atomic E-state index is 11.7. The van der Waals surface area contributed by atoms with Crippen molar-refractivity contribution in [1.29, 1.82) is 0 Å². The van der Waals surface area contributed by atoms with Gasteiger partial charge in [0.05, 0.1) is 13.2 Å². The van der Waals surface area contributed by atoms with Crippen LogP contribution in [0.3, 0.4) is 0 Å². The van der Waals surface area contributed by atoms with E-state index >= 15 is 0 Å². The summed E-state index contributed by atoms with van der Waals surface area (Å²) < 4.78 is 5.08. The topological polar surface area (TPSA) is 100 Å². The highest BCUT2D eigenvalue weighted by atomic mass is 16.5. The summed E-state index contributed by atoms with van der Waals surface area (Å²) in [4.78, 5) is 15.8. The summed E-state index contributed by atoms with van der Waals surface area (Å²) in [6, 6.07) is 0. The standard InChI is InChI=1S/C11H18N4O3/c16-5-7-18-6-1-4-12-11(17)10-13-9(14-15-10)8-2-3-8/h8,16H,1-7H2,(H,12,17)(H,13,14,15). The molecule has 1 aliphatic carbocycles. The number of H-pyrrole nitrogens is 1. The van der Waals surface area contributed by atoms with Crippen LogP contribution >= 0.6 is 0 Å². The second-order valence-electron chi connectivity index (χ2n) is 4.26. The Morgan fingerprint density at radius 3 is 3.06 bits per heavy atom. The van der Waals surface area contributed by atoms with Crippen LogP contribution in [-0.2, 0) is 4.74 Å². The number of aliphatic hydroxyl groups is 1. The molecule has 0 aromatic carbocycles. The summed E-state index contributed by atoms with van der Waals surface area (Å²) >= 11 is 0. The monoisotopic (exact) mass is 254 g/mol. The Hall–Kier alpha value is -1.47. The van der Waals surface area contributed by atoms with Gasteiger partial charge in [0.1, 0.15) is 5.82 Å². The van der Waals surface area contributed by atoms with Gasteiger partial charge in [-0.25, -0.2) is 4.98 Å². The van der Waals surface area contributed by atoms with Crippen LogP contribution in [0.5, 0.6) is 0 Å². The third-order valence-electron chi connectivity index (χ3n) is 2.66. The Morgan fingerprint density at radius 1 is 1.50 bits per heavy atom. The van der Waals surface area contributed by atoms with Crippen molar-refractivity contribution in [2.75, 3.05) is 26.4 Å². The number of ether oxygens (including phenoxy) is 1. The first-order valence-corrected chi connectivity index (χ1v) is 6.20. The summed E-state index contributed by atoms with van der Waals surface area (Å²) in [5, 5.41) is 17.9. The van der Waals surface area contributed by atoms with Gasteiger partial charge in [0.15, 0.2) is 0 Å². The molecule has 0 spiro atoms. The molecule has 0 atom stereocenters. The molecule has 7 heteroatoms. The molecule has 3 N–H and O–H groups in total. The highest BCUT2D eigenvalue weighted by Crippen LogP contribution is 2.37. The molecule has 0 unspecified atom stereocenters. The minimum Gasteiger partial charge on any atom is -0.394 e. The first kappa shape index (κ1) is 13.0. The van der Waals surface area contributed by atoms with Gasteiger partial charge in [0, 0.05) is 19.1 Å². The van der Waals surface area contributed by atoms with Crippen LogP contribution in [-0.4, -0.2) is 52.6 Å². The molecule has 1 aliphatic rings. The number of hydrogen-bond acceptors (Lipinski definition) is 5. The zero-order valence-electron chi connectivity index (χ0n) is 10.2. The predicted octanol–water partition coefficient (Wildman–Crippen LogP) is -0.189. The van der Waals surface area contributed by atoms with Crippen LogP contribution in [0.25, 0.3) is 0 Å². The summed E-state index contributed by atoms with van der Waals surface area (Å²) in [5.41, 5.74) is 0. The van der Waals surface area contributed by atoms with Crippen molar-refractivity contribution >= 4 is 5.91 Å². The number of nitrogens with one attached hydrogen (secondary N) is 2. The van der Waals surface area contributed by atoms with E-state index in [9.17, 15) is 4.79 Å². The van der Waals surface area contributed by atoms with Crippen LogP contribution in [0.1, 0.15) is 41.6 Å². The van der Waals surface area contributed by atoms with Crippen LogP contribution < -0.4 is 5.32 Å². The highest BCUT2D eigenvalue weighted by molar-refractivity contribution is 5.90. The lowest BCUT2D eigenvalue weighted by molar-refractivity contribution is 0.0863. The first-order valence-electron chi connectivity index (χ1n) is 6.20. The van der Waals surface area contributed by atoms with Crippen molar-refractivity contribution in [3.63, 3.8) is 0 Å². The van der Waals surface area contributed by atoms with E-state index in [1.165, 1.54) is 0 Å². The number of aromatic nitrogens is 3. The van der Waals surface area contributed by atoms with Gasteiger partial charge in [0.2, 0.25) is 5.82 Å². The van der Waals surface area contributed by atoms with Gasteiger partial charge in [-0.15, -0.1) is 5.10 Å². The molecule has 0 saturated heterocycles. The number of aromatic amines is 1. The second-order valence-corrected chi connectivity index (χ2v) is 4.26. The van der Waals surface area contributed by atoms with Gasteiger partial charge in [-0.3, -0.25) is 9.89 Å². The van der Waals surface area contributed by atoms with Crippen molar-refractivity contribution in [2.24, 2.45) is 0 Å². The van der Waals surface area contributed by atoms with E-state index in [4.69, 9.17) is 9.84 Å². The minimum atomic E-state index is -0.264. The van der Waals surface area contributed by atoms with Crippen LogP contribution in [0, 0.1) is 0 Å². The van der Waals surface area contributed by atoms with E-state index in [0.717, 1.165) is 18.7 Å². The van der Waals surface area contributed by atoms with Crippen molar-refractivity contribution in [1.82, 2.24) is 20.5 Å². The van der Waals surface area contributed by atoms with Gasteiger partial charge in [-0.1, -0.05) is 0 Å². The molecule has 18 heavy (non-hydrogen) atoms. The minimum absolute atomic E-state index is 0.0213. The van der Waals surface area contributed by atoms with Crippen molar-refractivity contribution in [2.45, 2.75) is 25.2 Å². The van der Waals surface area contributed by atoms with E-state index in [2.05, 4.69) is 20.5 Å². The molecule has 0 aliphatic heterocycles. The Kier molecular flexibility index (Phi) is 4.66. The number of nitrogens with zero attached hydrogens (tertiary/aromatic N) is 2. The zero-order chi connectivity index (χ0) is 12.8. The first-order chi connectivity index (χ1) is 8.81. The molecular weight excluding hydrogens is 236 g/mol. The highest BCUT2D eigenvalue weighted by Gasteiger charge is 2.28. The molecule has 100 valence electrons. The summed E-state index contributed by atoms with van der Waals surface area (Å²) in [5.74, 6) is 1.21. The number of hydrogen-bond donors (Lipinski definition) is 3. The lowest BCUT2D eigenvalue weighted by Gasteiger charge is -2.03. The normalized spacial score (nSPS) is 14.7. The van der Waals surface area contributed by atoms with Crippen LogP contribution in [0.2, 0.25) is 0 Å². The average Bonchev–Trinajstić information content (AvgIpc) is 3.11. The third-order valence-corrected chi connectivity index (χ3v) is 2.66. The maximum Gasteiger partial charge on any atom is 0.290 e. The number of rotatable bonds is 8. The maximum atomic E-state index is 11.7. The van der Waals surface area contributed by atoms with Gasteiger partial charge >= 0.3 is 0 Å². The fraction of sp³-hybridized carbons (Fsp3) is 0.727. The Morgan fingerprint density at radius 2 is 2.33 bits per heavy atom. The van der Waals surface area contributed by atoms with Gasteiger partial charge < -0.3 is 15.2 Å². The summed E-state index contributed by atoms with van der Waals surface area (Å²) in [6.45, 7) is 1.38. The van der Waals surface area contributed by atoms with E-state index < -0.39 is 0 Å². The van der Waals surface area contributed by atoms with Crippen molar-refractivity contribution in [3.05, 3.63) is 11.6 Å². The Bertz CT molecular complexity index is 389. The summed E-state index contributed by atoms with van der Waals surface area (Å²) in [6.07, 6.45) is 2.95. The molecule has 1 aromatic heterocycles. The van der Waals surface area contributed by atoms with Crippen molar-refractivity contribution in [3.8, 4) is 0 Å². The molecule has 1 fully saturated rings. The number of carbonyl (C=O) groups is 1. The van der Waals surface area contributed by atoms with Gasteiger partial charge in [0.25, 0.3) is 5.91 Å². The lowest BCUT2D eigenvalue weighted by Crippen LogP contribution is -2.26. The van der Waals surface area contributed by atoms with Crippen LogP contribution in [0.4, 0.5) is 0 Å². The van der Waals surface area contributed by atoms with Gasteiger partial charge in [-0.2, -0.15) is 0 Å². The molecule has 2 rings (SSSR count). The van der Waals surface area contributed by atoms with Gasteiger partial charge in [-0.05, 0) is 19.3 Å². The third kappa shape index (κ3) is 3.78. The van der Waals surface area contributed by atoms with E-state index in [1.807, 2.05) is 0 Å². The molecule has 0 radical (unpaired) electrons. The molecule has 7 nitrogen and oxygen atoms in total. The molecule has 1 amide bonds. The molecule has 1 saturated carbocycles. The fourth-order valence-electron chi connectivity index (χ4n) is 1.54. The number of amides is 1. The molecule has 0 bridgehead atoms. The molecular formula is C11H18N4O3. The average molecular weight is 254 g/mol. The van der Waals surface area contributed by atoms with Crippen LogP contribution in [0.15, 0.2) is 0 Å². The summed E-state index contributed by atoms with van der Waals surface area (Å²) in [7, 11) is 0. The van der Waals surface area contributed by atoms with E-state index in [1.54, 1.807) is 0 Å². The Balaban J connectivity index is 1.64. The van der Waals surface area contributed by atoms with Crippen molar-refractivity contribution < 1.29 is 14.6 Å². The quantitative estimate of drug-likeness (QED) is 0.558. The SMILES string of the molecule is O=C(NCCCOCCO)c1n[nH]c(C2CC2)n1. The molecule has 1 aromatic rings. The Labute approximate surface area is 105 Å². The number of aliphatic hydroxyl groups excluding tert-OH is 1. The predicted molar refractivity (Wildman–Crippen MR) is 63.2 cm³/mol. The largest absolute Gasteiger partial charge is 0.394 e. The fourth-order valence-corrected chi connectivity index (χ4v) is 1.54. The molecule has 1 heterocycles. The van der Waals surface area contributed by atoms with E-state index in [-0.39, 0.29) is 18.3 Å². The smallest absolute Gasteiger partial charge is 0.290 e. The zero-order valence-corrected chi connectivity index (χ0v) is 10.2. The lowest BCUT2D eigenvalue weighted by atomic mass is 10.4. The van der Waals surface area contributed by atoms with E-state index in [0.29, 0.717) is 32.1 Å².